The van der Waals surface area contributed by atoms with Gasteiger partial charge in [0.15, 0.2) is 16.8 Å². The Bertz CT molecular complexity index is 710. The molecule has 2 aromatic rings. The Morgan fingerprint density at radius 1 is 1.50 bits per heavy atom. The summed E-state index contributed by atoms with van der Waals surface area (Å²) in [5.74, 6) is -2.98. The van der Waals surface area contributed by atoms with Crippen molar-refractivity contribution in [2.75, 3.05) is 5.75 Å². The third-order valence-electron chi connectivity index (χ3n) is 3.52. The van der Waals surface area contributed by atoms with Gasteiger partial charge in [0.2, 0.25) is 0 Å². The van der Waals surface area contributed by atoms with Gasteiger partial charge in [-0.15, -0.1) is 0 Å². The number of aliphatic carboxylic acids is 1. The second kappa shape index (κ2) is 4.44. The van der Waals surface area contributed by atoms with E-state index in [9.17, 15) is 13.6 Å². The van der Waals surface area contributed by atoms with E-state index in [0.717, 1.165) is 30.7 Å². The van der Waals surface area contributed by atoms with Crippen molar-refractivity contribution < 1.29 is 18.7 Å². The number of fused-ring (bicyclic) bond motifs is 1. The number of carbonyl (C=O) groups is 1. The van der Waals surface area contributed by atoms with Crippen molar-refractivity contribution >= 4 is 28.8 Å². The van der Waals surface area contributed by atoms with Crippen LogP contribution >= 0.6 is 11.8 Å². The molecule has 4 nitrogen and oxygen atoms in total. The van der Waals surface area contributed by atoms with E-state index < -0.39 is 17.6 Å². The van der Waals surface area contributed by atoms with Crippen molar-refractivity contribution in [2.45, 2.75) is 30.5 Å². The van der Waals surface area contributed by atoms with E-state index in [1.165, 1.54) is 6.07 Å². The monoisotopic (exact) mass is 298 g/mol. The Morgan fingerprint density at radius 2 is 2.20 bits per heavy atom. The Kier molecular flexibility index (Phi) is 2.97. The number of imidazole rings is 1. The Labute approximate surface area is 117 Å². The van der Waals surface area contributed by atoms with Crippen molar-refractivity contribution in [2.24, 2.45) is 0 Å². The van der Waals surface area contributed by atoms with E-state index in [4.69, 9.17) is 5.11 Å². The van der Waals surface area contributed by atoms with Crippen LogP contribution in [0.25, 0.3) is 11.0 Å². The third-order valence-corrected chi connectivity index (χ3v) is 4.44. The van der Waals surface area contributed by atoms with Gasteiger partial charge >= 0.3 is 5.97 Å². The van der Waals surface area contributed by atoms with Crippen LogP contribution in [0.3, 0.4) is 0 Å². The lowest BCUT2D eigenvalue weighted by molar-refractivity contribution is -0.133. The minimum atomic E-state index is -0.971. The molecule has 0 bridgehead atoms. The number of thioether (sulfide) groups is 1. The summed E-state index contributed by atoms with van der Waals surface area (Å²) in [6.45, 7) is 1.93. The van der Waals surface area contributed by atoms with Crippen molar-refractivity contribution in [3.63, 3.8) is 0 Å². The van der Waals surface area contributed by atoms with Gasteiger partial charge in [-0.2, -0.15) is 0 Å². The molecule has 1 fully saturated rings. The first-order chi connectivity index (χ1) is 9.42. The average molecular weight is 298 g/mol. The number of carboxylic acid groups (broad SMARTS) is 1. The van der Waals surface area contributed by atoms with Crippen molar-refractivity contribution in [1.82, 2.24) is 9.55 Å². The molecule has 106 valence electrons. The van der Waals surface area contributed by atoms with E-state index in [2.05, 4.69) is 4.98 Å². The molecular weight excluding hydrogens is 286 g/mol. The second-order valence-corrected chi connectivity index (χ2v) is 6.08. The fraction of sp³-hybridized carbons (Fsp3) is 0.385. The van der Waals surface area contributed by atoms with Crippen LogP contribution < -0.4 is 0 Å². The molecule has 1 aliphatic carbocycles. The molecule has 0 amide bonds. The zero-order chi connectivity index (χ0) is 14.5. The Balaban J connectivity index is 2.19. The van der Waals surface area contributed by atoms with Crippen LogP contribution in [-0.4, -0.2) is 26.4 Å². The van der Waals surface area contributed by atoms with Crippen molar-refractivity contribution in [3.8, 4) is 0 Å². The van der Waals surface area contributed by atoms with Crippen LogP contribution in [0.15, 0.2) is 17.3 Å². The standard InChI is InChI=1S/C13H12F2N2O2S/c1-13(4-5-13)17-11-8(3-2-7(14)10(11)15)16-12(17)20-6-9(18)19/h2-3H,4-6H2,1H3,(H,18,19). The summed E-state index contributed by atoms with van der Waals surface area (Å²) in [5.41, 5.74) is 0.173. The van der Waals surface area contributed by atoms with Crippen LogP contribution in [0.4, 0.5) is 8.78 Å². The zero-order valence-corrected chi connectivity index (χ0v) is 11.5. The maximum absolute atomic E-state index is 14.1. The summed E-state index contributed by atoms with van der Waals surface area (Å²) in [6, 6.07) is 2.46. The van der Waals surface area contributed by atoms with Gasteiger partial charge in [-0.05, 0) is 31.9 Å². The average Bonchev–Trinajstić information content (AvgIpc) is 3.01. The van der Waals surface area contributed by atoms with E-state index in [1.54, 1.807) is 4.57 Å². The normalized spacial score (nSPS) is 16.6. The fourth-order valence-electron chi connectivity index (χ4n) is 2.21. The van der Waals surface area contributed by atoms with E-state index in [0.29, 0.717) is 10.7 Å². The van der Waals surface area contributed by atoms with Crippen molar-refractivity contribution in [3.05, 3.63) is 23.8 Å². The first kappa shape index (κ1) is 13.4. The molecule has 0 radical (unpaired) electrons. The number of hydrogen-bond donors (Lipinski definition) is 1. The van der Waals surface area contributed by atoms with Gasteiger partial charge in [0.05, 0.1) is 11.3 Å². The predicted octanol–water partition coefficient (Wildman–Crippen LogP) is 3.00. The molecule has 0 aliphatic heterocycles. The minimum Gasteiger partial charge on any atom is -0.481 e. The van der Waals surface area contributed by atoms with Gasteiger partial charge in [-0.1, -0.05) is 11.8 Å². The smallest absolute Gasteiger partial charge is 0.313 e. The number of aromatic nitrogens is 2. The Morgan fingerprint density at radius 3 is 2.80 bits per heavy atom. The van der Waals surface area contributed by atoms with Crippen molar-refractivity contribution in [1.29, 1.82) is 0 Å². The molecule has 1 aromatic heterocycles. The van der Waals surface area contributed by atoms with Crippen LogP contribution in [0.2, 0.25) is 0 Å². The number of nitrogens with zero attached hydrogens (tertiary/aromatic N) is 2. The van der Waals surface area contributed by atoms with Gasteiger partial charge < -0.3 is 9.67 Å². The summed E-state index contributed by atoms with van der Waals surface area (Å²) in [6.07, 6.45) is 1.68. The van der Waals surface area contributed by atoms with Gasteiger partial charge in [0.25, 0.3) is 0 Å². The van der Waals surface area contributed by atoms with E-state index in [-0.39, 0.29) is 16.8 Å². The lowest BCUT2D eigenvalue weighted by Gasteiger charge is -2.15. The third kappa shape index (κ3) is 2.06. The lowest BCUT2D eigenvalue weighted by atomic mass is 10.2. The molecule has 20 heavy (non-hydrogen) atoms. The van der Waals surface area contributed by atoms with E-state index >= 15 is 0 Å². The highest BCUT2D eigenvalue weighted by molar-refractivity contribution is 7.99. The molecule has 1 aromatic carbocycles. The maximum atomic E-state index is 14.1. The van der Waals surface area contributed by atoms with Crippen LogP contribution in [-0.2, 0) is 10.3 Å². The van der Waals surface area contributed by atoms with Gasteiger partial charge in [-0.3, -0.25) is 4.79 Å². The summed E-state index contributed by atoms with van der Waals surface area (Å²) in [5, 5.41) is 9.19. The van der Waals surface area contributed by atoms with Gasteiger partial charge in [0.1, 0.15) is 5.52 Å². The second-order valence-electron chi connectivity index (χ2n) is 5.14. The molecular formula is C13H12F2N2O2S. The minimum absolute atomic E-state index is 0.123. The van der Waals surface area contributed by atoms with Crippen LogP contribution in [0, 0.1) is 11.6 Å². The lowest BCUT2D eigenvalue weighted by Crippen LogP contribution is -2.15. The summed E-state index contributed by atoms with van der Waals surface area (Å²) >= 11 is 1.03. The number of carboxylic acids is 1. The highest BCUT2D eigenvalue weighted by Crippen LogP contribution is 2.47. The van der Waals surface area contributed by atoms with Crippen LogP contribution in [0.1, 0.15) is 19.8 Å². The zero-order valence-electron chi connectivity index (χ0n) is 10.7. The number of halogens is 2. The number of rotatable bonds is 4. The number of benzene rings is 1. The summed E-state index contributed by atoms with van der Waals surface area (Å²) in [7, 11) is 0. The largest absolute Gasteiger partial charge is 0.481 e. The Hall–Kier alpha value is -1.63. The fourth-order valence-corrected chi connectivity index (χ4v) is 3.07. The van der Waals surface area contributed by atoms with Crippen LogP contribution in [0.5, 0.6) is 0 Å². The van der Waals surface area contributed by atoms with Gasteiger partial charge in [-0.25, -0.2) is 13.8 Å². The molecule has 1 saturated carbocycles. The number of hydrogen-bond acceptors (Lipinski definition) is 3. The predicted molar refractivity (Wildman–Crippen MR) is 70.9 cm³/mol. The van der Waals surface area contributed by atoms with Gasteiger partial charge in [0, 0.05) is 5.54 Å². The molecule has 1 aliphatic rings. The van der Waals surface area contributed by atoms with E-state index in [1.807, 2.05) is 6.92 Å². The molecule has 0 spiro atoms. The highest BCUT2D eigenvalue weighted by Gasteiger charge is 2.43. The molecule has 0 unspecified atom stereocenters. The quantitative estimate of drug-likeness (QED) is 0.882. The molecule has 1 heterocycles. The highest BCUT2D eigenvalue weighted by atomic mass is 32.2. The maximum Gasteiger partial charge on any atom is 0.313 e. The molecule has 1 N–H and O–H groups in total. The molecule has 0 saturated heterocycles. The topological polar surface area (TPSA) is 55.1 Å². The molecule has 0 atom stereocenters. The first-order valence-electron chi connectivity index (χ1n) is 6.14. The first-order valence-corrected chi connectivity index (χ1v) is 7.12. The SMILES string of the molecule is CC1(n2c(SCC(=O)O)nc3ccc(F)c(F)c32)CC1. The molecule has 3 rings (SSSR count). The summed E-state index contributed by atoms with van der Waals surface area (Å²) < 4.78 is 29.2. The molecule has 7 heteroatoms. The summed E-state index contributed by atoms with van der Waals surface area (Å²) in [4.78, 5) is 14.9.